The van der Waals surface area contributed by atoms with Crippen LogP contribution in [0.2, 0.25) is 0 Å². The van der Waals surface area contributed by atoms with E-state index in [1.165, 1.54) is 51.7 Å². The van der Waals surface area contributed by atoms with Crippen LogP contribution in [0.4, 0.5) is 0 Å². The summed E-state index contributed by atoms with van der Waals surface area (Å²) in [5.41, 5.74) is 1.08. The molecule has 0 aliphatic heterocycles. The molecule has 0 aromatic heterocycles. The minimum Gasteiger partial charge on any atom is -0.507 e. The second kappa shape index (κ2) is 7.37. The summed E-state index contributed by atoms with van der Waals surface area (Å²) in [5.74, 6) is 0.592. The molecule has 3 rings (SSSR count). The Hall–Kier alpha value is -3.54. The van der Waals surface area contributed by atoms with Crippen molar-refractivity contribution in [3.8, 4) is 23.0 Å². The van der Waals surface area contributed by atoms with Crippen LogP contribution in [0, 0.1) is 0 Å². The molecule has 1 aliphatic rings. The smallest absolute Gasteiger partial charge is 0.194 e. The van der Waals surface area contributed by atoms with E-state index in [0.717, 1.165) is 0 Å². The lowest BCUT2D eigenvalue weighted by molar-refractivity contribution is 0.0985. The van der Waals surface area contributed by atoms with Crippen molar-refractivity contribution < 1.29 is 28.9 Å². The molecule has 0 atom stereocenters. The number of fused-ring (bicyclic) bond motifs is 1. The largest absolute Gasteiger partial charge is 0.507 e. The molecule has 2 aromatic rings. The van der Waals surface area contributed by atoms with Gasteiger partial charge in [0.1, 0.15) is 11.5 Å². The number of benzene rings is 2. The molecule has 0 unspecified atom stereocenters. The van der Waals surface area contributed by atoms with E-state index in [4.69, 9.17) is 14.2 Å². The van der Waals surface area contributed by atoms with E-state index in [9.17, 15) is 14.7 Å². The maximum atomic E-state index is 12.7. The number of aromatic hydroxyl groups is 1. The van der Waals surface area contributed by atoms with Crippen LogP contribution >= 0.6 is 0 Å². The van der Waals surface area contributed by atoms with Crippen molar-refractivity contribution in [1.82, 2.24) is 0 Å². The molecule has 0 amide bonds. The molecule has 1 aliphatic carbocycles. The zero-order valence-corrected chi connectivity index (χ0v) is 15.1. The van der Waals surface area contributed by atoms with Gasteiger partial charge in [-0.2, -0.15) is 0 Å². The van der Waals surface area contributed by atoms with Gasteiger partial charge in [0.05, 0.1) is 26.9 Å². The molecule has 0 saturated heterocycles. The van der Waals surface area contributed by atoms with E-state index in [2.05, 4.69) is 0 Å². The van der Waals surface area contributed by atoms with Gasteiger partial charge < -0.3 is 19.3 Å². The number of phenols is 1. The number of Topliss-reactive ketones (excluding diaryl/α,β-unsaturated/α-hetero) is 1. The standard InChI is InChI=1S/C21H18O6/c1-25-17-11-19(27-3)18(26-2)10-12(17)7-8-13-9-16(23)20-14(21(13)24)5-4-6-15(20)22/h4-11,22H,1-3H3. The van der Waals surface area contributed by atoms with E-state index >= 15 is 0 Å². The zero-order chi connectivity index (χ0) is 19.6. The molecular weight excluding hydrogens is 348 g/mol. The van der Waals surface area contributed by atoms with Gasteiger partial charge in [-0.3, -0.25) is 9.59 Å². The van der Waals surface area contributed by atoms with Crippen LogP contribution in [-0.2, 0) is 0 Å². The maximum absolute atomic E-state index is 12.7. The molecule has 0 fully saturated rings. The number of carbonyl (C=O) groups is 2. The third kappa shape index (κ3) is 3.29. The van der Waals surface area contributed by atoms with E-state index in [-0.39, 0.29) is 28.2 Å². The molecule has 6 heteroatoms. The van der Waals surface area contributed by atoms with Crippen molar-refractivity contribution in [3.63, 3.8) is 0 Å². The highest BCUT2D eigenvalue weighted by atomic mass is 16.5. The number of carbonyl (C=O) groups excluding carboxylic acids is 2. The van der Waals surface area contributed by atoms with Crippen molar-refractivity contribution in [2.45, 2.75) is 0 Å². The Morgan fingerprint density at radius 1 is 0.889 bits per heavy atom. The molecule has 6 nitrogen and oxygen atoms in total. The molecule has 0 heterocycles. The lowest BCUT2D eigenvalue weighted by atomic mass is 9.88. The summed E-state index contributed by atoms with van der Waals surface area (Å²) < 4.78 is 15.9. The highest BCUT2D eigenvalue weighted by molar-refractivity contribution is 6.26. The first kappa shape index (κ1) is 18.3. The SMILES string of the molecule is COc1cc(OC)c(OC)cc1C=CC1=CC(=O)c2c(O)cccc2C1=O. The Labute approximate surface area is 156 Å². The number of rotatable bonds is 5. The van der Waals surface area contributed by atoms with E-state index in [1.54, 1.807) is 18.2 Å². The molecule has 0 spiro atoms. The van der Waals surface area contributed by atoms with Gasteiger partial charge in [-0.25, -0.2) is 0 Å². The predicted molar refractivity (Wildman–Crippen MR) is 100.0 cm³/mol. The fourth-order valence-corrected chi connectivity index (χ4v) is 2.91. The second-order valence-electron chi connectivity index (χ2n) is 5.78. The highest BCUT2D eigenvalue weighted by Crippen LogP contribution is 2.36. The Morgan fingerprint density at radius 3 is 2.22 bits per heavy atom. The molecule has 0 saturated carbocycles. The Bertz CT molecular complexity index is 984. The van der Waals surface area contributed by atoms with E-state index in [0.29, 0.717) is 22.8 Å². The topological polar surface area (TPSA) is 82.1 Å². The lowest BCUT2D eigenvalue weighted by Crippen LogP contribution is -2.16. The van der Waals surface area contributed by atoms with Crippen LogP contribution in [0.15, 0.2) is 48.1 Å². The van der Waals surface area contributed by atoms with Gasteiger partial charge in [0.25, 0.3) is 0 Å². The predicted octanol–water partition coefficient (Wildman–Crippen LogP) is 3.44. The fraction of sp³-hybridized carbons (Fsp3) is 0.143. The first-order valence-corrected chi connectivity index (χ1v) is 8.11. The normalized spacial score (nSPS) is 13.4. The van der Waals surface area contributed by atoms with Gasteiger partial charge in [-0.1, -0.05) is 24.3 Å². The van der Waals surface area contributed by atoms with Crippen molar-refractivity contribution in [2.75, 3.05) is 21.3 Å². The molecule has 2 aromatic carbocycles. The van der Waals surface area contributed by atoms with Gasteiger partial charge in [0.15, 0.2) is 23.1 Å². The van der Waals surface area contributed by atoms with Gasteiger partial charge in [-0.15, -0.1) is 0 Å². The fourth-order valence-electron chi connectivity index (χ4n) is 2.91. The Balaban J connectivity index is 2.00. The molecule has 0 bridgehead atoms. The maximum Gasteiger partial charge on any atom is 0.194 e. The van der Waals surface area contributed by atoms with E-state index in [1.807, 2.05) is 0 Å². The number of hydrogen-bond acceptors (Lipinski definition) is 6. The number of hydrogen-bond donors (Lipinski definition) is 1. The van der Waals surface area contributed by atoms with Crippen molar-refractivity contribution in [3.05, 3.63) is 64.7 Å². The van der Waals surface area contributed by atoms with Gasteiger partial charge >= 0.3 is 0 Å². The van der Waals surface area contributed by atoms with Crippen LogP contribution in [0.25, 0.3) is 6.08 Å². The van der Waals surface area contributed by atoms with Gasteiger partial charge in [0.2, 0.25) is 0 Å². The number of allylic oxidation sites excluding steroid dienone is 3. The molecular formula is C21H18O6. The number of methoxy groups -OCH3 is 3. The molecule has 138 valence electrons. The van der Waals surface area contributed by atoms with Crippen LogP contribution < -0.4 is 14.2 Å². The molecule has 0 radical (unpaired) electrons. The molecule has 27 heavy (non-hydrogen) atoms. The third-order valence-electron chi connectivity index (χ3n) is 4.26. The van der Waals surface area contributed by atoms with Crippen molar-refractivity contribution >= 4 is 17.6 Å². The van der Waals surface area contributed by atoms with Crippen molar-refractivity contribution in [1.29, 1.82) is 0 Å². The highest BCUT2D eigenvalue weighted by Gasteiger charge is 2.26. The first-order chi connectivity index (χ1) is 13.0. The van der Waals surface area contributed by atoms with Crippen LogP contribution in [0.5, 0.6) is 23.0 Å². The summed E-state index contributed by atoms with van der Waals surface area (Å²) in [7, 11) is 4.57. The minimum atomic E-state index is -0.415. The summed E-state index contributed by atoms with van der Waals surface area (Å²) in [5, 5.41) is 9.85. The molecule has 1 N–H and O–H groups in total. The zero-order valence-electron chi connectivity index (χ0n) is 15.1. The Morgan fingerprint density at radius 2 is 1.56 bits per heavy atom. The Kier molecular flexibility index (Phi) is 4.98. The van der Waals surface area contributed by atoms with E-state index < -0.39 is 5.78 Å². The van der Waals surface area contributed by atoms with Gasteiger partial charge in [-0.05, 0) is 18.2 Å². The monoisotopic (exact) mass is 366 g/mol. The van der Waals surface area contributed by atoms with Crippen molar-refractivity contribution in [2.24, 2.45) is 0 Å². The number of ether oxygens (including phenoxy) is 3. The summed E-state index contributed by atoms with van der Waals surface area (Å²) in [6, 6.07) is 7.82. The average molecular weight is 366 g/mol. The third-order valence-corrected chi connectivity index (χ3v) is 4.26. The van der Waals surface area contributed by atoms with Crippen LogP contribution in [0.3, 0.4) is 0 Å². The summed E-state index contributed by atoms with van der Waals surface area (Å²) in [6.07, 6.45) is 4.41. The summed E-state index contributed by atoms with van der Waals surface area (Å²) in [6.45, 7) is 0. The van der Waals surface area contributed by atoms with Crippen LogP contribution in [-0.4, -0.2) is 38.0 Å². The lowest BCUT2D eigenvalue weighted by Gasteiger charge is -2.14. The number of ketones is 2. The average Bonchev–Trinajstić information content (AvgIpc) is 2.68. The number of phenolic OH excluding ortho intramolecular Hbond substituents is 1. The quantitative estimate of drug-likeness (QED) is 0.873. The van der Waals surface area contributed by atoms with Crippen LogP contribution in [0.1, 0.15) is 26.3 Å². The second-order valence-corrected chi connectivity index (χ2v) is 5.78. The summed E-state index contributed by atoms with van der Waals surface area (Å²) >= 11 is 0. The minimum absolute atomic E-state index is 0.0309. The summed E-state index contributed by atoms with van der Waals surface area (Å²) in [4.78, 5) is 25.0. The van der Waals surface area contributed by atoms with Gasteiger partial charge in [0, 0.05) is 22.8 Å². The first-order valence-electron chi connectivity index (χ1n) is 8.11.